The Morgan fingerprint density at radius 1 is 1.06 bits per heavy atom. The van der Waals surface area contributed by atoms with Gasteiger partial charge in [-0.2, -0.15) is 0 Å². The molecule has 0 aliphatic carbocycles. The highest BCUT2D eigenvalue weighted by Gasteiger charge is 2.32. The van der Waals surface area contributed by atoms with Crippen LogP contribution in [0.1, 0.15) is 23.6 Å². The van der Waals surface area contributed by atoms with Gasteiger partial charge in [-0.05, 0) is 54.8 Å². The number of thiophene rings is 1. The Bertz CT molecular complexity index is 1030. The fraction of sp³-hybridized carbons (Fsp3) is 0.333. The predicted octanol–water partition coefficient (Wildman–Crippen LogP) is 3.16. The Morgan fingerprint density at radius 2 is 1.82 bits per heavy atom. The molecule has 1 fully saturated rings. The summed E-state index contributed by atoms with van der Waals surface area (Å²) in [6, 6.07) is 13.7. The van der Waals surface area contributed by atoms with E-state index < -0.39 is 11.8 Å². The highest BCUT2D eigenvalue weighted by molar-refractivity contribution is 7.10. The van der Waals surface area contributed by atoms with Crippen LogP contribution in [0.15, 0.2) is 64.6 Å². The molecule has 174 valence electrons. The number of carbonyl (C=O) groups is 2. The lowest BCUT2D eigenvalue weighted by molar-refractivity contribution is -0.140. The van der Waals surface area contributed by atoms with Crippen LogP contribution in [-0.4, -0.2) is 48.9 Å². The van der Waals surface area contributed by atoms with Crippen molar-refractivity contribution < 1.29 is 18.4 Å². The highest BCUT2D eigenvalue weighted by Crippen LogP contribution is 2.30. The molecule has 1 aromatic carbocycles. The number of carbonyl (C=O) groups excluding carboxylic acids is 2. The maximum absolute atomic E-state index is 13.3. The fourth-order valence-corrected chi connectivity index (χ4v) is 5.09. The summed E-state index contributed by atoms with van der Waals surface area (Å²) in [7, 11) is 0. The van der Waals surface area contributed by atoms with Gasteiger partial charge in [0.05, 0.1) is 18.8 Å². The molecule has 2 N–H and O–H groups in total. The smallest absolute Gasteiger partial charge is 0.309 e. The first-order valence-corrected chi connectivity index (χ1v) is 11.8. The molecule has 33 heavy (non-hydrogen) atoms. The van der Waals surface area contributed by atoms with Gasteiger partial charge in [-0.25, -0.2) is 4.39 Å². The van der Waals surface area contributed by atoms with Crippen molar-refractivity contribution in [2.45, 2.75) is 25.6 Å². The van der Waals surface area contributed by atoms with E-state index in [9.17, 15) is 14.0 Å². The van der Waals surface area contributed by atoms with E-state index in [0.717, 1.165) is 36.7 Å². The molecular formula is C24H27FN4O3S. The van der Waals surface area contributed by atoms with E-state index in [0.29, 0.717) is 5.76 Å². The first-order chi connectivity index (χ1) is 16.0. The van der Waals surface area contributed by atoms with Gasteiger partial charge in [0.1, 0.15) is 11.6 Å². The molecule has 1 saturated heterocycles. The average molecular weight is 471 g/mol. The fourth-order valence-electron chi connectivity index (χ4n) is 4.12. The SMILES string of the molecule is C[C@H](NC(=O)C(=O)NCc1ccco1)[C@H](c1cccs1)N1CCN(c2ccc(F)cc2)CC1. The number of halogens is 1. The summed E-state index contributed by atoms with van der Waals surface area (Å²) in [6.45, 7) is 5.23. The van der Waals surface area contributed by atoms with Crippen molar-refractivity contribution in [2.24, 2.45) is 0 Å². The normalized spacial score (nSPS) is 16.2. The zero-order valence-corrected chi connectivity index (χ0v) is 19.2. The molecule has 3 heterocycles. The van der Waals surface area contributed by atoms with E-state index in [4.69, 9.17) is 4.42 Å². The minimum atomic E-state index is -0.690. The molecule has 4 rings (SSSR count). The van der Waals surface area contributed by atoms with Crippen molar-refractivity contribution in [3.63, 3.8) is 0 Å². The lowest BCUT2D eigenvalue weighted by Gasteiger charge is -2.42. The molecule has 0 bridgehead atoms. The van der Waals surface area contributed by atoms with Crippen LogP contribution >= 0.6 is 11.3 Å². The van der Waals surface area contributed by atoms with E-state index in [1.165, 1.54) is 18.4 Å². The Kier molecular flexibility index (Phi) is 7.41. The number of furan rings is 1. The van der Waals surface area contributed by atoms with Gasteiger partial charge < -0.3 is 20.0 Å². The van der Waals surface area contributed by atoms with Crippen LogP contribution in [-0.2, 0) is 16.1 Å². The number of piperazine rings is 1. The third kappa shape index (κ3) is 5.80. The first-order valence-electron chi connectivity index (χ1n) is 10.9. The summed E-state index contributed by atoms with van der Waals surface area (Å²) in [5, 5.41) is 7.47. The lowest BCUT2D eigenvalue weighted by atomic mass is 10.0. The summed E-state index contributed by atoms with van der Waals surface area (Å²) in [5.74, 6) is -1.02. The van der Waals surface area contributed by atoms with Crippen LogP contribution in [0.5, 0.6) is 0 Å². The summed E-state index contributed by atoms with van der Waals surface area (Å²) >= 11 is 1.63. The zero-order valence-electron chi connectivity index (χ0n) is 18.4. The third-order valence-electron chi connectivity index (χ3n) is 5.78. The monoisotopic (exact) mass is 470 g/mol. The molecule has 2 atom stereocenters. The predicted molar refractivity (Wildman–Crippen MR) is 125 cm³/mol. The standard InChI is InChI=1S/C24H27FN4O3S/c1-17(27-24(31)23(30)26-16-20-4-2-14-32-20)22(21-5-3-15-33-21)29-12-10-28(11-13-29)19-8-6-18(25)7-9-19/h2-9,14-15,17,22H,10-13,16H2,1H3,(H,26,30)(H,27,31)/t17-,22+/m0/s1. The molecule has 0 radical (unpaired) electrons. The van der Waals surface area contributed by atoms with Gasteiger partial charge in [0, 0.05) is 42.8 Å². The van der Waals surface area contributed by atoms with Gasteiger partial charge in [-0.3, -0.25) is 14.5 Å². The van der Waals surface area contributed by atoms with Crippen molar-refractivity contribution in [1.29, 1.82) is 0 Å². The van der Waals surface area contributed by atoms with Crippen LogP contribution in [0, 0.1) is 5.82 Å². The van der Waals surface area contributed by atoms with Gasteiger partial charge in [0.25, 0.3) is 0 Å². The van der Waals surface area contributed by atoms with Crippen LogP contribution < -0.4 is 15.5 Å². The number of anilines is 1. The molecule has 1 aliphatic heterocycles. The van der Waals surface area contributed by atoms with E-state index in [-0.39, 0.29) is 24.4 Å². The van der Waals surface area contributed by atoms with Crippen LogP contribution in [0.3, 0.4) is 0 Å². The lowest BCUT2D eigenvalue weighted by Crippen LogP contribution is -2.53. The van der Waals surface area contributed by atoms with Crippen molar-refractivity contribution in [3.8, 4) is 0 Å². The molecule has 7 nitrogen and oxygen atoms in total. The summed E-state index contributed by atoms with van der Waals surface area (Å²) in [6.07, 6.45) is 1.52. The minimum absolute atomic E-state index is 0.0535. The van der Waals surface area contributed by atoms with E-state index in [1.54, 1.807) is 35.6 Å². The van der Waals surface area contributed by atoms with Crippen molar-refractivity contribution >= 4 is 28.8 Å². The van der Waals surface area contributed by atoms with E-state index in [2.05, 4.69) is 26.5 Å². The number of hydrogen-bond acceptors (Lipinski definition) is 6. The van der Waals surface area contributed by atoms with Gasteiger partial charge in [-0.15, -0.1) is 11.3 Å². The van der Waals surface area contributed by atoms with Crippen LogP contribution in [0.2, 0.25) is 0 Å². The van der Waals surface area contributed by atoms with Crippen LogP contribution in [0.4, 0.5) is 10.1 Å². The number of hydrogen-bond donors (Lipinski definition) is 2. The first kappa shape index (κ1) is 23.0. The number of nitrogens with one attached hydrogen (secondary N) is 2. The molecule has 2 aromatic heterocycles. The Hall–Kier alpha value is -3.17. The minimum Gasteiger partial charge on any atom is -0.467 e. The molecule has 0 saturated carbocycles. The summed E-state index contributed by atoms with van der Waals surface area (Å²) < 4.78 is 18.4. The number of amides is 2. The number of benzene rings is 1. The topological polar surface area (TPSA) is 77.8 Å². The number of nitrogens with zero attached hydrogens (tertiary/aromatic N) is 2. The number of rotatable bonds is 7. The summed E-state index contributed by atoms with van der Waals surface area (Å²) in [4.78, 5) is 30.5. The molecule has 0 spiro atoms. The average Bonchev–Trinajstić information content (AvgIpc) is 3.53. The van der Waals surface area contributed by atoms with Crippen LogP contribution in [0.25, 0.3) is 0 Å². The second-order valence-electron chi connectivity index (χ2n) is 7.98. The quantitative estimate of drug-likeness (QED) is 0.519. The molecular weight excluding hydrogens is 443 g/mol. The molecule has 2 amide bonds. The van der Waals surface area contributed by atoms with Crippen molar-refractivity contribution in [2.75, 3.05) is 31.1 Å². The largest absolute Gasteiger partial charge is 0.467 e. The summed E-state index contributed by atoms with van der Waals surface area (Å²) in [5.41, 5.74) is 0.998. The Morgan fingerprint density at radius 3 is 2.45 bits per heavy atom. The second-order valence-corrected chi connectivity index (χ2v) is 8.96. The van der Waals surface area contributed by atoms with E-state index in [1.807, 2.05) is 18.4 Å². The molecule has 1 aliphatic rings. The van der Waals surface area contributed by atoms with Crippen molar-refractivity contribution in [1.82, 2.24) is 15.5 Å². The van der Waals surface area contributed by atoms with Gasteiger partial charge in [0.2, 0.25) is 0 Å². The Balaban J connectivity index is 1.37. The van der Waals surface area contributed by atoms with Crippen molar-refractivity contribution in [3.05, 3.63) is 76.6 Å². The van der Waals surface area contributed by atoms with Gasteiger partial charge in [-0.1, -0.05) is 6.07 Å². The zero-order chi connectivity index (χ0) is 23.2. The Labute approximate surface area is 196 Å². The highest BCUT2D eigenvalue weighted by atomic mass is 32.1. The molecule has 0 unspecified atom stereocenters. The molecule has 3 aromatic rings. The van der Waals surface area contributed by atoms with Gasteiger partial charge in [0.15, 0.2) is 0 Å². The van der Waals surface area contributed by atoms with Gasteiger partial charge >= 0.3 is 11.8 Å². The maximum atomic E-state index is 13.3. The van der Waals surface area contributed by atoms with E-state index >= 15 is 0 Å². The second kappa shape index (κ2) is 10.6. The third-order valence-corrected chi connectivity index (χ3v) is 6.72. The molecule has 9 heteroatoms. The maximum Gasteiger partial charge on any atom is 0.309 e.